The van der Waals surface area contributed by atoms with Crippen LogP contribution in [-0.4, -0.2) is 0 Å². The molecule has 0 aromatic heterocycles. The molecule has 300 valence electrons. The molecule has 4 rings (SSSR count). The molecule has 0 saturated carbocycles. The maximum absolute atomic E-state index is 6.07. The number of rotatable bonds is 30. The van der Waals surface area contributed by atoms with Crippen molar-refractivity contribution in [2.75, 3.05) is 11.5 Å². The predicted octanol–water partition coefficient (Wildman–Crippen LogP) is 15.9. The molecule has 0 aliphatic heterocycles. The van der Waals surface area contributed by atoms with Crippen LogP contribution in [0.2, 0.25) is 0 Å². The highest BCUT2D eigenvalue weighted by Crippen LogP contribution is 2.33. The Bertz CT molecular complexity index is 1390. The smallest absolute Gasteiger partial charge is 0.0314 e. The normalized spacial score (nSPS) is 12.5. The zero-order valence-corrected chi connectivity index (χ0v) is 35.2. The largest absolute Gasteiger partial charge is 0.399 e. The zero-order valence-electron chi connectivity index (χ0n) is 35.2. The van der Waals surface area contributed by atoms with Crippen LogP contribution < -0.4 is 11.5 Å². The van der Waals surface area contributed by atoms with Gasteiger partial charge in [0.1, 0.15) is 0 Å². The van der Waals surface area contributed by atoms with E-state index in [1.807, 2.05) is 0 Å². The number of unbranched alkanes of at least 4 members (excludes halogenated alkanes) is 18. The minimum absolute atomic E-state index is 0.435. The third kappa shape index (κ3) is 17.4. The Balaban J connectivity index is 1.24. The van der Waals surface area contributed by atoms with Gasteiger partial charge in [0, 0.05) is 23.2 Å². The molecule has 0 bridgehead atoms. The fourth-order valence-electron chi connectivity index (χ4n) is 8.51. The van der Waals surface area contributed by atoms with Crippen LogP contribution in [-0.2, 0) is 12.8 Å². The van der Waals surface area contributed by atoms with Crippen molar-refractivity contribution in [2.45, 2.75) is 186 Å². The summed E-state index contributed by atoms with van der Waals surface area (Å²) in [6.45, 7) is 4.59. The Labute approximate surface area is 338 Å². The predicted molar refractivity (Wildman–Crippen MR) is 243 cm³/mol. The van der Waals surface area contributed by atoms with E-state index in [1.54, 1.807) is 0 Å². The van der Waals surface area contributed by atoms with Crippen molar-refractivity contribution in [3.8, 4) is 0 Å². The van der Waals surface area contributed by atoms with Crippen LogP contribution in [0.1, 0.15) is 207 Å². The lowest BCUT2D eigenvalue weighted by Crippen LogP contribution is -2.03. The molecule has 0 radical (unpaired) electrons. The van der Waals surface area contributed by atoms with Gasteiger partial charge in [0.05, 0.1) is 0 Å². The zero-order chi connectivity index (χ0) is 38.8. The first-order valence-electron chi connectivity index (χ1n) is 23.0. The van der Waals surface area contributed by atoms with Gasteiger partial charge in [0.2, 0.25) is 0 Å². The molecule has 4 aromatic rings. The number of benzene rings is 4. The van der Waals surface area contributed by atoms with Gasteiger partial charge in [-0.25, -0.2) is 0 Å². The standard InChI is InChI=1S/C53H78N2/c1-3-5-7-9-11-13-15-17-19-21-26-52(48-36-40-50(54)41-37-48)46-32-28-44(29-33-46)24-23-25-45-30-34-47(35-31-45)53(49-38-42-51(55)43-39-49)27-22-20-18-16-14-12-10-8-6-4-2/h28-43,52-53H,3-27,54-55H2,1-2H3. The summed E-state index contributed by atoms with van der Waals surface area (Å²) in [6, 6.07) is 36.3. The van der Waals surface area contributed by atoms with Crippen LogP contribution in [0.25, 0.3) is 0 Å². The third-order valence-electron chi connectivity index (χ3n) is 12.1. The lowest BCUT2D eigenvalue weighted by atomic mass is 9.85. The second-order valence-electron chi connectivity index (χ2n) is 16.7. The van der Waals surface area contributed by atoms with E-state index in [0.717, 1.165) is 24.2 Å². The van der Waals surface area contributed by atoms with Crippen LogP contribution in [0.5, 0.6) is 0 Å². The molecule has 2 unspecified atom stereocenters. The Morgan fingerprint density at radius 2 is 0.564 bits per heavy atom. The first-order valence-corrected chi connectivity index (χ1v) is 23.0. The van der Waals surface area contributed by atoms with Gasteiger partial charge in [0.15, 0.2) is 0 Å². The van der Waals surface area contributed by atoms with Crippen LogP contribution in [0.15, 0.2) is 97.1 Å². The highest BCUT2D eigenvalue weighted by atomic mass is 14.5. The summed E-state index contributed by atoms with van der Waals surface area (Å²) in [5.74, 6) is 0.869. The van der Waals surface area contributed by atoms with Crippen molar-refractivity contribution in [1.29, 1.82) is 0 Å². The van der Waals surface area contributed by atoms with E-state index in [0.29, 0.717) is 11.8 Å². The summed E-state index contributed by atoms with van der Waals surface area (Å²) in [6.07, 6.45) is 33.3. The molecule has 4 N–H and O–H groups in total. The third-order valence-corrected chi connectivity index (χ3v) is 12.1. The fourth-order valence-corrected chi connectivity index (χ4v) is 8.51. The molecule has 0 heterocycles. The van der Waals surface area contributed by atoms with Crippen LogP contribution >= 0.6 is 0 Å². The van der Waals surface area contributed by atoms with Gasteiger partial charge in [-0.2, -0.15) is 0 Å². The summed E-state index contributed by atoms with van der Waals surface area (Å²) in [4.78, 5) is 0. The average molecular weight is 743 g/mol. The van der Waals surface area contributed by atoms with Gasteiger partial charge in [-0.3, -0.25) is 0 Å². The number of aryl methyl sites for hydroxylation is 2. The SMILES string of the molecule is CCCCCCCCCCCCC(c1ccc(N)cc1)c1ccc(CCCc2ccc(C(CCCCCCCCCCCC)c3ccc(N)cc3)cc2)cc1. The van der Waals surface area contributed by atoms with Crippen molar-refractivity contribution in [3.63, 3.8) is 0 Å². The molecule has 0 amide bonds. The number of hydrogen-bond donors (Lipinski definition) is 2. The number of nitrogens with two attached hydrogens (primary N) is 2. The summed E-state index contributed by atoms with van der Waals surface area (Å²) >= 11 is 0. The topological polar surface area (TPSA) is 52.0 Å². The van der Waals surface area contributed by atoms with Crippen molar-refractivity contribution in [3.05, 3.63) is 130 Å². The summed E-state index contributed by atoms with van der Waals surface area (Å²) in [7, 11) is 0. The van der Waals surface area contributed by atoms with Gasteiger partial charge < -0.3 is 11.5 Å². The minimum Gasteiger partial charge on any atom is -0.399 e. The molecular formula is C53H78N2. The van der Waals surface area contributed by atoms with E-state index in [2.05, 4.69) is 111 Å². The van der Waals surface area contributed by atoms with Gasteiger partial charge >= 0.3 is 0 Å². The van der Waals surface area contributed by atoms with Crippen LogP contribution in [0, 0.1) is 0 Å². The molecule has 0 aliphatic carbocycles. The van der Waals surface area contributed by atoms with E-state index in [9.17, 15) is 0 Å². The lowest BCUT2D eigenvalue weighted by Gasteiger charge is -2.19. The number of nitrogen functional groups attached to an aromatic ring is 2. The minimum atomic E-state index is 0.435. The quantitative estimate of drug-likeness (QED) is 0.0413. The van der Waals surface area contributed by atoms with Crippen molar-refractivity contribution >= 4 is 11.4 Å². The van der Waals surface area contributed by atoms with Gasteiger partial charge in [-0.15, -0.1) is 0 Å². The first-order chi connectivity index (χ1) is 27.1. The van der Waals surface area contributed by atoms with E-state index in [-0.39, 0.29) is 0 Å². The van der Waals surface area contributed by atoms with Gasteiger partial charge in [0.25, 0.3) is 0 Å². The number of anilines is 2. The van der Waals surface area contributed by atoms with Crippen molar-refractivity contribution in [2.24, 2.45) is 0 Å². The molecule has 0 saturated heterocycles. The average Bonchev–Trinajstić information content (AvgIpc) is 3.21. The molecule has 0 aliphatic rings. The highest BCUT2D eigenvalue weighted by molar-refractivity contribution is 5.44. The summed E-state index contributed by atoms with van der Waals surface area (Å²) in [5, 5.41) is 0. The monoisotopic (exact) mass is 743 g/mol. The highest BCUT2D eigenvalue weighted by Gasteiger charge is 2.16. The Morgan fingerprint density at radius 3 is 0.855 bits per heavy atom. The lowest BCUT2D eigenvalue weighted by molar-refractivity contribution is 0.540. The molecule has 2 nitrogen and oxygen atoms in total. The Hall–Kier alpha value is -3.52. The van der Waals surface area contributed by atoms with Crippen LogP contribution in [0.4, 0.5) is 11.4 Å². The molecule has 0 spiro atoms. The van der Waals surface area contributed by atoms with Crippen molar-refractivity contribution < 1.29 is 0 Å². The van der Waals surface area contributed by atoms with Gasteiger partial charge in [-0.1, -0.05) is 215 Å². The Morgan fingerprint density at radius 1 is 0.309 bits per heavy atom. The van der Waals surface area contributed by atoms with E-state index < -0.39 is 0 Å². The first kappa shape index (κ1) is 44.2. The number of hydrogen-bond acceptors (Lipinski definition) is 2. The summed E-state index contributed by atoms with van der Waals surface area (Å²) < 4.78 is 0. The maximum Gasteiger partial charge on any atom is 0.0314 e. The molecule has 0 fully saturated rings. The molecule has 2 heteroatoms. The van der Waals surface area contributed by atoms with Crippen LogP contribution in [0.3, 0.4) is 0 Å². The molecule has 4 aromatic carbocycles. The van der Waals surface area contributed by atoms with Gasteiger partial charge in [-0.05, 0) is 89.8 Å². The molecular weight excluding hydrogens is 665 g/mol. The van der Waals surface area contributed by atoms with E-state index >= 15 is 0 Å². The second-order valence-corrected chi connectivity index (χ2v) is 16.7. The Kier molecular flexibility index (Phi) is 21.8. The second kappa shape index (κ2) is 27.1. The van der Waals surface area contributed by atoms with Crippen molar-refractivity contribution in [1.82, 2.24) is 0 Å². The van der Waals surface area contributed by atoms with E-state index in [4.69, 9.17) is 11.5 Å². The molecule has 55 heavy (non-hydrogen) atoms. The maximum atomic E-state index is 6.07. The van der Waals surface area contributed by atoms with E-state index in [1.165, 1.54) is 181 Å². The summed E-state index contributed by atoms with van der Waals surface area (Å²) in [5.41, 5.74) is 22.4. The molecule has 2 atom stereocenters. The fraction of sp³-hybridized carbons (Fsp3) is 0.547.